The van der Waals surface area contributed by atoms with Gasteiger partial charge in [-0.3, -0.25) is 4.79 Å². The summed E-state index contributed by atoms with van der Waals surface area (Å²) in [5.41, 5.74) is 13.9. The predicted octanol–water partition coefficient (Wildman–Crippen LogP) is 2.86. The summed E-state index contributed by atoms with van der Waals surface area (Å²) in [7, 11) is 0. The first-order chi connectivity index (χ1) is 12.1. The molecule has 0 saturated heterocycles. The van der Waals surface area contributed by atoms with Crippen molar-refractivity contribution in [1.82, 2.24) is 15.1 Å². The number of halogens is 2. The first kappa shape index (κ1) is 23.3. The molecule has 1 aliphatic rings. The highest BCUT2D eigenvalue weighted by Crippen LogP contribution is 2.23. The summed E-state index contributed by atoms with van der Waals surface area (Å²) in [4.78, 5) is 12.2. The van der Waals surface area contributed by atoms with Crippen molar-refractivity contribution >= 4 is 36.5 Å². The van der Waals surface area contributed by atoms with E-state index >= 15 is 0 Å². The van der Waals surface area contributed by atoms with Gasteiger partial charge in [0.1, 0.15) is 5.82 Å². The third kappa shape index (κ3) is 6.41. The number of carbonyl (C=O) groups is 1. The molecule has 2 aromatic rings. The number of nitrogen functional groups attached to an aromatic ring is 1. The average Bonchev–Trinajstić information content (AvgIpc) is 3.00. The summed E-state index contributed by atoms with van der Waals surface area (Å²) < 4.78 is 1.75. The Morgan fingerprint density at radius 2 is 1.96 bits per heavy atom. The molecule has 1 heterocycles. The van der Waals surface area contributed by atoms with Crippen LogP contribution < -0.4 is 16.8 Å². The number of benzene rings is 1. The van der Waals surface area contributed by atoms with Crippen LogP contribution in [0.3, 0.4) is 0 Å². The zero-order valence-corrected chi connectivity index (χ0v) is 17.0. The number of aromatic nitrogens is 2. The van der Waals surface area contributed by atoms with Gasteiger partial charge in [-0.1, -0.05) is 24.6 Å². The lowest BCUT2D eigenvalue weighted by Crippen LogP contribution is -2.38. The molecule has 0 radical (unpaired) electrons. The maximum atomic E-state index is 12.2. The van der Waals surface area contributed by atoms with Crippen molar-refractivity contribution in [3.63, 3.8) is 0 Å². The molecular weight excluding hydrogens is 385 g/mol. The quantitative estimate of drug-likeness (QED) is 0.633. The van der Waals surface area contributed by atoms with Crippen LogP contribution in [-0.2, 0) is 11.2 Å². The molecule has 2 atom stereocenters. The summed E-state index contributed by atoms with van der Waals surface area (Å²) in [6.45, 7) is 0.655. The average molecular weight is 414 g/mol. The van der Waals surface area contributed by atoms with Gasteiger partial charge in [-0.15, -0.1) is 24.8 Å². The Morgan fingerprint density at radius 3 is 2.67 bits per heavy atom. The Labute approximate surface area is 172 Å². The van der Waals surface area contributed by atoms with Gasteiger partial charge in [0.05, 0.1) is 11.4 Å². The number of hydrogen-bond donors (Lipinski definition) is 3. The molecule has 1 aliphatic carbocycles. The highest BCUT2D eigenvalue weighted by molar-refractivity contribution is 5.85. The van der Waals surface area contributed by atoms with Crippen LogP contribution in [0.4, 0.5) is 5.82 Å². The Kier molecular flexibility index (Phi) is 9.63. The Bertz CT molecular complexity index is 707. The highest BCUT2D eigenvalue weighted by Gasteiger charge is 2.24. The maximum Gasteiger partial charge on any atom is 0.223 e. The van der Waals surface area contributed by atoms with Crippen molar-refractivity contribution in [3.05, 3.63) is 42.1 Å². The monoisotopic (exact) mass is 413 g/mol. The van der Waals surface area contributed by atoms with Crippen LogP contribution in [0.15, 0.2) is 36.4 Å². The number of carbonyl (C=O) groups excluding carboxylic acids is 1. The highest BCUT2D eigenvalue weighted by atomic mass is 35.5. The molecule has 1 fully saturated rings. The van der Waals surface area contributed by atoms with Crippen LogP contribution in [0.1, 0.15) is 37.8 Å². The lowest BCUT2D eigenvalue weighted by molar-refractivity contribution is -0.126. The maximum absolute atomic E-state index is 12.2. The summed E-state index contributed by atoms with van der Waals surface area (Å²) in [5, 5.41) is 7.59. The second-order valence-corrected chi connectivity index (χ2v) is 6.83. The number of rotatable bonds is 6. The number of para-hydroxylation sites is 1. The molecule has 27 heavy (non-hydrogen) atoms. The zero-order valence-electron chi connectivity index (χ0n) is 15.3. The van der Waals surface area contributed by atoms with Gasteiger partial charge in [0.2, 0.25) is 5.91 Å². The first-order valence-corrected chi connectivity index (χ1v) is 9.06. The van der Waals surface area contributed by atoms with E-state index in [0.717, 1.165) is 49.9 Å². The van der Waals surface area contributed by atoms with Crippen LogP contribution in [0.5, 0.6) is 0 Å². The van der Waals surface area contributed by atoms with Crippen molar-refractivity contribution in [3.8, 4) is 5.69 Å². The number of nitrogens with zero attached hydrogens (tertiary/aromatic N) is 2. The Morgan fingerprint density at radius 1 is 1.22 bits per heavy atom. The fraction of sp³-hybridized carbons (Fsp3) is 0.474. The molecule has 1 aromatic carbocycles. The van der Waals surface area contributed by atoms with Crippen LogP contribution in [0.2, 0.25) is 0 Å². The minimum absolute atomic E-state index is 0. The summed E-state index contributed by atoms with van der Waals surface area (Å²) >= 11 is 0. The third-order valence-electron chi connectivity index (χ3n) is 4.78. The second-order valence-electron chi connectivity index (χ2n) is 6.83. The number of nitrogens with one attached hydrogen (secondary N) is 1. The molecule has 5 N–H and O–H groups in total. The molecule has 6 nitrogen and oxygen atoms in total. The number of amides is 1. The fourth-order valence-electron chi connectivity index (χ4n) is 3.44. The molecule has 1 saturated carbocycles. The fourth-order valence-corrected chi connectivity index (χ4v) is 3.44. The zero-order chi connectivity index (χ0) is 17.6. The number of anilines is 1. The second kappa shape index (κ2) is 11.2. The van der Waals surface area contributed by atoms with Crippen LogP contribution in [-0.4, -0.2) is 28.3 Å². The van der Waals surface area contributed by atoms with Gasteiger partial charge < -0.3 is 16.8 Å². The predicted molar refractivity (Wildman–Crippen MR) is 114 cm³/mol. The first-order valence-electron chi connectivity index (χ1n) is 9.06. The Balaban J connectivity index is 0.00000182. The number of aryl methyl sites for hydroxylation is 1. The summed E-state index contributed by atoms with van der Waals surface area (Å²) in [5.74, 6) is 0.850. The largest absolute Gasteiger partial charge is 0.384 e. The van der Waals surface area contributed by atoms with E-state index in [4.69, 9.17) is 11.5 Å². The van der Waals surface area contributed by atoms with Crippen molar-refractivity contribution in [2.75, 3.05) is 12.3 Å². The van der Waals surface area contributed by atoms with Gasteiger partial charge in [0.25, 0.3) is 0 Å². The third-order valence-corrected chi connectivity index (χ3v) is 4.78. The number of hydrogen-bond acceptors (Lipinski definition) is 4. The van der Waals surface area contributed by atoms with E-state index in [1.807, 2.05) is 36.4 Å². The Hall–Kier alpha value is -1.76. The molecular formula is C19H29Cl2N5O. The molecule has 0 aliphatic heterocycles. The molecule has 1 amide bonds. The van der Waals surface area contributed by atoms with E-state index in [2.05, 4.69) is 10.4 Å². The van der Waals surface area contributed by atoms with Crippen molar-refractivity contribution in [1.29, 1.82) is 0 Å². The van der Waals surface area contributed by atoms with E-state index in [0.29, 0.717) is 12.4 Å². The van der Waals surface area contributed by atoms with Gasteiger partial charge in [0.15, 0.2) is 0 Å². The lowest BCUT2D eigenvalue weighted by Gasteiger charge is -2.25. The molecule has 3 rings (SSSR count). The van der Waals surface area contributed by atoms with E-state index in [1.165, 1.54) is 0 Å². The van der Waals surface area contributed by atoms with Crippen molar-refractivity contribution in [2.45, 2.75) is 44.6 Å². The van der Waals surface area contributed by atoms with Gasteiger partial charge in [0, 0.05) is 24.6 Å². The minimum atomic E-state index is 0. The van der Waals surface area contributed by atoms with E-state index in [-0.39, 0.29) is 42.7 Å². The molecule has 0 bridgehead atoms. The van der Waals surface area contributed by atoms with E-state index in [9.17, 15) is 4.79 Å². The van der Waals surface area contributed by atoms with Gasteiger partial charge in [-0.05, 0) is 44.2 Å². The van der Waals surface area contributed by atoms with Crippen molar-refractivity contribution < 1.29 is 4.79 Å². The van der Waals surface area contributed by atoms with Crippen LogP contribution in [0, 0.1) is 5.92 Å². The molecule has 2 unspecified atom stereocenters. The SMILES string of the molecule is Cl.Cl.Nc1cc(CCCNC(=O)C2CCCC(N)C2)nn1-c1ccccc1. The van der Waals surface area contributed by atoms with Gasteiger partial charge in [-0.2, -0.15) is 5.10 Å². The smallest absolute Gasteiger partial charge is 0.223 e. The molecule has 150 valence electrons. The lowest BCUT2D eigenvalue weighted by atomic mass is 9.85. The van der Waals surface area contributed by atoms with Crippen molar-refractivity contribution in [2.24, 2.45) is 11.7 Å². The topological polar surface area (TPSA) is 99.0 Å². The van der Waals surface area contributed by atoms with Crippen LogP contribution >= 0.6 is 24.8 Å². The summed E-state index contributed by atoms with van der Waals surface area (Å²) in [6.07, 6.45) is 5.48. The molecule has 8 heteroatoms. The van der Waals surface area contributed by atoms with Gasteiger partial charge in [-0.25, -0.2) is 4.68 Å². The molecule has 0 spiro atoms. The van der Waals surface area contributed by atoms with E-state index in [1.54, 1.807) is 4.68 Å². The standard InChI is InChI=1S/C19H27N5O.2ClH/c20-15-7-4-6-14(12-15)19(25)22-11-5-8-16-13-18(21)24(23-16)17-9-2-1-3-10-17;;/h1-3,9-10,13-15H,4-8,11-12,20-21H2,(H,22,25);2*1H. The normalized spacial score (nSPS) is 18.9. The summed E-state index contributed by atoms with van der Waals surface area (Å²) in [6, 6.07) is 11.9. The van der Waals surface area contributed by atoms with E-state index < -0.39 is 0 Å². The molecule has 1 aromatic heterocycles. The minimum Gasteiger partial charge on any atom is -0.384 e. The van der Waals surface area contributed by atoms with Gasteiger partial charge >= 0.3 is 0 Å². The van der Waals surface area contributed by atoms with Crippen LogP contribution in [0.25, 0.3) is 5.69 Å². The number of nitrogens with two attached hydrogens (primary N) is 2.